The second-order valence-corrected chi connectivity index (χ2v) is 3.56. The van der Waals surface area contributed by atoms with Crippen molar-refractivity contribution in [3.05, 3.63) is 68.8 Å². The third kappa shape index (κ3) is 2.73. The van der Waals surface area contributed by atoms with Crippen LogP contribution in [0.1, 0.15) is 5.76 Å². The Hall–Kier alpha value is -2.63. The lowest BCUT2D eigenvalue weighted by molar-refractivity contribution is -0.384. The summed E-state index contributed by atoms with van der Waals surface area (Å²) in [6.07, 6.45) is 1.53. The van der Waals surface area contributed by atoms with Crippen molar-refractivity contribution in [2.45, 2.75) is 6.54 Å². The van der Waals surface area contributed by atoms with E-state index in [-0.39, 0.29) is 11.1 Å². The first-order chi connectivity index (χ1) is 8.66. The summed E-state index contributed by atoms with van der Waals surface area (Å²) < 4.78 is 5.11. The first kappa shape index (κ1) is 11.8. The van der Waals surface area contributed by atoms with Gasteiger partial charge in [0.05, 0.1) is 23.4 Å². The zero-order valence-corrected chi connectivity index (χ0v) is 9.33. The van der Waals surface area contributed by atoms with E-state index in [2.05, 4.69) is 5.32 Å². The Labute approximate surface area is 102 Å². The molecular formula is C12H10N2O4. The molecule has 0 radical (unpaired) electrons. The predicted octanol–water partition coefficient (Wildman–Crippen LogP) is 2.16. The number of hydrogen-bond donors (Lipinski definition) is 1. The molecule has 0 aliphatic carbocycles. The van der Waals surface area contributed by atoms with Crippen LogP contribution in [0.5, 0.6) is 0 Å². The Kier molecular flexibility index (Phi) is 3.38. The lowest BCUT2D eigenvalue weighted by atomic mass is 10.4. The molecule has 0 aliphatic rings. The lowest BCUT2D eigenvalue weighted by Crippen LogP contribution is -2.07. The molecule has 1 aromatic heterocycles. The van der Waals surface area contributed by atoms with E-state index in [0.29, 0.717) is 18.0 Å². The molecule has 92 valence electrons. The van der Waals surface area contributed by atoms with Gasteiger partial charge >= 0.3 is 0 Å². The van der Waals surface area contributed by atoms with Crippen LogP contribution in [0.4, 0.5) is 11.4 Å². The van der Waals surface area contributed by atoms with Gasteiger partial charge in [-0.1, -0.05) is 0 Å². The minimum absolute atomic E-state index is 0.127. The van der Waals surface area contributed by atoms with E-state index in [1.165, 1.54) is 30.5 Å². The molecule has 1 N–H and O–H groups in total. The highest BCUT2D eigenvalue weighted by molar-refractivity contribution is 5.45. The van der Waals surface area contributed by atoms with E-state index in [1.807, 2.05) is 0 Å². The smallest absolute Gasteiger partial charge is 0.269 e. The quantitative estimate of drug-likeness (QED) is 0.660. The van der Waals surface area contributed by atoms with Crippen molar-refractivity contribution >= 4 is 11.4 Å². The first-order valence-electron chi connectivity index (χ1n) is 5.22. The molecule has 6 nitrogen and oxygen atoms in total. The van der Waals surface area contributed by atoms with Gasteiger partial charge in [0.25, 0.3) is 5.69 Å². The molecular weight excluding hydrogens is 236 g/mol. The van der Waals surface area contributed by atoms with Gasteiger partial charge in [0, 0.05) is 12.1 Å². The fraction of sp³-hybridized carbons (Fsp3) is 0.0833. The Morgan fingerprint density at radius 3 is 2.67 bits per heavy atom. The van der Waals surface area contributed by atoms with Crippen molar-refractivity contribution in [2.75, 3.05) is 5.32 Å². The number of hydrogen-bond acceptors (Lipinski definition) is 5. The van der Waals surface area contributed by atoms with E-state index in [4.69, 9.17) is 4.42 Å². The molecule has 0 saturated heterocycles. The van der Waals surface area contributed by atoms with Gasteiger partial charge in [-0.25, -0.2) is 0 Å². The summed E-state index contributed by atoms with van der Waals surface area (Å²) in [5.41, 5.74) is -0.146. The zero-order chi connectivity index (χ0) is 13.0. The van der Waals surface area contributed by atoms with Crippen LogP contribution in [0.2, 0.25) is 0 Å². The summed E-state index contributed by atoms with van der Waals surface area (Å²) in [6.45, 7) is 0.347. The van der Waals surface area contributed by atoms with Crippen LogP contribution in [-0.4, -0.2) is 4.92 Å². The van der Waals surface area contributed by atoms with Gasteiger partial charge in [0.2, 0.25) is 5.43 Å². The monoisotopic (exact) mass is 246 g/mol. The van der Waals surface area contributed by atoms with Gasteiger partial charge in [0.1, 0.15) is 5.76 Å². The molecule has 0 atom stereocenters. The van der Waals surface area contributed by atoms with Gasteiger partial charge in [-0.3, -0.25) is 14.9 Å². The van der Waals surface area contributed by atoms with Crippen molar-refractivity contribution in [1.29, 1.82) is 0 Å². The number of rotatable bonds is 4. The van der Waals surface area contributed by atoms with Crippen molar-refractivity contribution in [2.24, 2.45) is 0 Å². The fourth-order valence-electron chi connectivity index (χ4n) is 1.42. The highest BCUT2D eigenvalue weighted by Gasteiger charge is 2.05. The summed E-state index contributed by atoms with van der Waals surface area (Å²) in [6, 6.07) is 8.53. The average molecular weight is 246 g/mol. The highest BCUT2D eigenvalue weighted by Crippen LogP contribution is 2.10. The molecule has 2 aromatic rings. The van der Waals surface area contributed by atoms with Crippen molar-refractivity contribution in [3.63, 3.8) is 0 Å². The Balaban J connectivity index is 2.21. The molecule has 0 unspecified atom stereocenters. The summed E-state index contributed by atoms with van der Waals surface area (Å²) in [5, 5.41) is 13.4. The van der Waals surface area contributed by atoms with E-state index < -0.39 is 4.92 Å². The zero-order valence-electron chi connectivity index (χ0n) is 9.33. The van der Waals surface area contributed by atoms with Crippen LogP contribution >= 0.6 is 0 Å². The summed E-state index contributed by atoms with van der Waals surface area (Å²) >= 11 is 0. The van der Waals surface area contributed by atoms with Crippen LogP contribution < -0.4 is 10.7 Å². The number of nitro groups is 1. The van der Waals surface area contributed by atoms with Crippen LogP contribution in [-0.2, 0) is 6.54 Å². The standard InChI is InChI=1S/C12H10N2O4/c15-12-6-4-9(14(16)17)3-5-11(12)13-8-10-2-1-7-18-10/h1-7H,8H2,(H,13,15). The molecule has 1 heterocycles. The van der Waals surface area contributed by atoms with Gasteiger partial charge in [0.15, 0.2) is 0 Å². The highest BCUT2D eigenvalue weighted by atomic mass is 16.6. The molecule has 0 spiro atoms. The molecule has 2 rings (SSSR count). The van der Waals surface area contributed by atoms with Crippen LogP contribution in [0, 0.1) is 10.1 Å². The summed E-state index contributed by atoms with van der Waals surface area (Å²) in [5.74, 6) is 0.676. The minimum atomic E-state index is -0.546. The topological polar surface area (TPSA) is 85.4 Å². The van der Waals surface area contributed by atoms with Gasteiger partial charge < -0.3 is 9.73 Å². The van der Waals surface area contributed by atoms with E-state index in [0.717, 1.165) is 0 Å². The van der Waals surface area contributed by atoms with Crippen molar-refractivity contribution < 1.29 is 9.34 Å². The summed E-state index contributed by atoms with van der Waals surface area (Å²) in [4.78, 5) is 21.7. The average Bonchev–Trinajstić information content (AvgIpc) is 2.78. The van der Waals surface area contributed by atoms with E-state index >= 15 is 0 Å². The maximum absolute atomic E-state index is 11.6. The first-order valence-corrected chi connectivity index (χ1v) is 5.22. The molecule has 0 bridgehead atoms. The Morgan fingerprint density at radius 2 is 2.00 bits per heavy atom. The van der Waals surface area contributed by atoms with Crippen LogP contribution in [0.15, 0.2) is 51.9 Å². The molecule has 0 amide bonds. The summed E-state index contributed by atoms with van der Waals surface area (Å²) in [7, 11) is 0. The number of anilines is 1. The molecule has 1 aromatic carbocycles. The Morgan fingerprint density at radius 1 is 1.22 bits per heavy atom. The van der Waals surface area contributed by atoms with Crippen molar-refractivity contribution in [3.8, 4) is 0 Å². The molecule has 0 fully saturated rings. The van der Waals surface area contributed by atoms with Crippen LogP contribution in [0.25, 0.3) is 0 Å². The van der Waals surface area contributed by atoms with Crippen LogP contribution in [0.3, 0.4) is 0 Å². The maximum Gasteiger partial charge on any atom is 0.269 e. The third-order valence-electron chi connectivity index (χ3n) is 2.34. The largest absolute Gasteiger partial charge is 0.467 e. The SMILES string of the molecule is O=c1ccc([N+](=O)[O-])ccc1NCc1ccco1. The van der Waals surface area contributed by atoms with Gasteiger partial charge in [-0.05, 0) is 24.3 Å². The van der Waals surface area contributed by atoms with Gasteiger partial charge in [-0.2, -0.15) is 0 Å². The normalized spacial score (nSPS) is 10.0. The Bertz CT molecular complexity index is 608. The number of nitrogens with one attached hydrogen (secondary N) is 1. The van der Waals surface area contributed by atoms with E-state index in [9.17, 15) is 14.9 Å². The second kappa shape index (κ2) is 5.13. The maximum atomic E-state index is 11.6. The van der Waals surface area contributed by atoms with E-state index in [1.54, 1.807) is 12.1 Å². The molecule has 18 heavy (non-hydrogen) atoms. The number of nitrogens with zero attached hydrogens (tertiary/aromatic N) is 1. The lowest BCUT2D eigenvalue weighted by Gasteiger charge is -2.00. The minimum Gasteiger partial charge on any atom is -0.467 e. The molecule has 0 saturated carbocycles. The second-order valence-electron chi connectivity index (χ2n) is 3.56. The molecule has 6 heteroatoms. The third-order valence-corrected chi connectivity index (χ3v) is 2.34. The predicted molar refractivity (Wildman–Crippen MR) is 65.4 cm³/mol. The van der Waals surface area contributed by atoms with Gasteiger partial charge in [-0.15, -0.1) is 0 Å². The molecule has 0 aliphatic heterocycles. The van der Waals surface area contributed by atoms with Crippen molar-refractivity contribution in [1.82, 2.24) is 0 Å². The fourth-order valence-corrected chi connectivity index (χ4v) is 1.42. The number of furan rings is 1.